The van der Waals surface area contributed by atoms with E-state index in [9.17, 15) is 9.59 Å². The van der Waals surface area contributed by atoms with Crippen LogP contribution >= 0.6 is 11.6 Å². The van der Waals surface area contributed by atoms with E-state index in [1.54, 1.807) is 18.2 Å². The lowest BCUT2D eigenvalue weighted by Gasteiger charge is -2.55. The van der Waals surface area contributed by atoms with E-state index in [0.29, 0.717) is 34.2 Å². The Labute approximate surface area is 158 Å². The molecule has 6 heteroatoms. The minimum Gasteiger partial charge on any atom is -0.495 e. The molecule has 1 N–H and O–H groups in total. The highest BCUT2D eigenvalue weighted by Gasteiger charge is 2.55. The van der Waals surface area contributed by atoms with E-state index in [1.807, 2.05) is 0 Å². The smallest absolute Gasteiger partial charge is 0.312 e. The molecule has 0 aliphatic heterocycles. The van der Waals surface area contributed by atoms with Crippen molar-refractivity contribution >= 4 is 29.2 Å². The third-order valence-electron chi connectivity index (χ3n) is 6.24. The van der Waals surface area contributed by atoms with Crippen LogP contribution in [0.1, 0.15) is 38.5 Å². The van der Waals surface area contributed by atoms with Crippen molar-refractivity contribution in [3.8, 4) is 5.75 Å². The monoisotopic (exact) mass is 377 g/mol. The second-order valence-electron chi connectivity index (χ2n) is 8.17. The molecule has 4 aliphatic rings. The quantitative estimate of drug-likeness (QED) is 0.786. The minimum absolute atomic E-state index is 0.190. The Hall–Kier alpha value is -1.75. The molecular formula is C20H24ClNO4. The first-order valence-corrected chi connectivity index (χ1v) is 9.66. The summed E-state index contributed by atoms with van der Waals surface area (Å²) < 4.78 is 10.7. The zero-order valence-electron chi connectivity index (χ0n) is 14.9. The van der Waals surface area contributed by atoms with Gasteiger partial charge in [-0.05, 0) is 74.5 Å². The highest BCUT2D eigenvalue weighted by atomic mass is 35.5. The summed E-state index contributed by atoms with van der Waals surface area (Å²) >= 11 is 5.97. The number of ether oxygens (including phenoxy) is 2. The molecule has 4 fully saturated rings. The van der Waals surface area contributed by atoms with Crippen LogP contribution in [0.2, 0.25) is 5.02 Å². The minimum atomic E-state index is -0.386. The molecule has 0 aromatic heterocycles. The summed E-state index contributed by atoms with van der Waals surface area (Å²) in [4.78, 5) is 25.0. The summed E-state index contributed by atoms with van der Waals surface area (Å²) in [7, 11) is 1.52. The Kier molecular flexibility index (Phi) is 4.59. The average molecular weight is 378 g/mol. The summed E-state index contributed by atoms with van der Waals surface area (Å²) in [6.07, 6.45) is 6.59. The maximum absolute atomic E-state index is 12.8. The van der Waals surface area contributed by atoms with Crippen LogP contribution in [0.25, 0.3) is 0 Å². The van der Waals surface area contributed by atoms with E-state index in [4.69, 9.17) is 21.1 Å². The molecule has 140 valence electrons. The largest absolute Gasteiger partial charge is 0.495 e. The maximum atomic E-state index is 12.8. The lowest BCUT2D eigenvalue weighted by atomic mass is 9.49. The number of carbonyl (C=O) groups excluding carboxylic acids is 2. The second-order valence-corrected chi connectivity index (χ2v) is 8.60. The average Bonchev–Trinajstić information content (AvgIpc) is 2.58. The van der Waals surface area contributed by atoms with Gasteiger partial charge < -0.3 is 14.8 Å². The Morgan fingerprint density at radius 2 is 1.77 bits per heavy atom. The molecule has 0 atom stereocenters. The number of methoxy groups -OCH3 is 1. The van der Waals surface area contributed by atoms with Crippen LogP contribution < -0.4 is 10.1 Å². The summed E-state index contributed by atoms with van der Waals surface area (Å²) in [6, 6.07) is 4.97. The standard InChI is InChI=1S/C20H24ClNO4/c1-25-17-3-2-15(21)7-16(17)22-18(23)11-26-19(24)20-8-12-4-13(9-20)6-14(5-12)10-20/h2-3,7,12-14H,4-6,8-11H2,1H3,(H,22,23). The number of hydrogen-bond donors (Lipinski definition) is 1. The Bertz CT molecular complexity index is 697. The summed E-state index contributed by atoms with van der Waals surface area (Å²) in [6.45, 7) is -0.281. The normalized spacial score (nSPS) is 31.5. The molecule has 4 bridgehead atoms. The van der Waals surface area contributed by atoms with Gasteiger partial charge in [-0.2, -0.15) is 0 Å². The number of rotatable bonds is 5. The van der Waals surface area contributed by atoms with Crippen LogP contribution in [0.4, 0.5) is 5.69 Å². The van der Waals surface area contributed by atoms with Crippen LogP contribution in [-0.4, -0.2) is 25.6 Å². The zero-order valence-corrected chi connectivity index (χ0v) is 15.7. The van der Waals surface area contributed by atoms with Crippen molar-refractivity contribution in [2.24, 2.45) is 23.2 Å². The van der Waals surface area contributed by atoms with Gasteiger partial charge in [0.1, 0.15) is 5.75 Å². The molecule has 5 rings (SSSR count). The lowest BCUT2D eigenvalue weighted by molar-refractivity contribution is -0.172. The van der Waals surface area contributed by atoms with Crippen LogP contribution in [0.5, 0.6) is 5.75 Å². The van der Waals surface area contributed by atoms with Gasteiger partial charge in [-0.25, -0.2) is 0 Å². The molecule has 0 saturated heterocycles. The summed E-state index contributed by atoms with van der Waals surface area (Å²) in [5, 5.41) is 3.20. The van der Waals surface area contributed by atoms with Gasteiger partial charge in [0, 0.05) is 5.02 Å². The van der Waals surface area contributed by atoms with Gasteiger partial charge in [-0.1, -0.05) is 11.6 Å². The van der Waals surface area contributed by atoms with Gasteiger partial charge in [-0.15, -0.1) is 0 Å². The van der Waals surface area contributed by atoms with Crippen molar-refractivity contribution in [2.75, 3.05) is 19.0 Å². The Balaban J connectivity index is 1.36. The highest BCUT2D eigenvalue weighted by Crippen LogP contribution is 2.60. The Morgan fingerprint density at radius 1 is 1.15 bits per heavy atom. The first-order chi connectivity index (χ1) is 12.5. The lowest BCUT2D eigenvalue weighted by Crippen LogP contribution is -2.50. The van der Waals surface area contributed by atoms with Crippen molar-refractivity contribution < 1.29 is 19.1 Å². The van der Waals surface area contributed by atoms with Crippen molar-refractivity contribution in [3.05, 3.63) is 23.2 Å². The van der Waals surface area contributed by atoms with E-state index in [-0.39, 0.29) is 23.9 Å². The van der Waals surface area contributed by atoms with Crippen LogP contribution in [0.15, 0.2) is 18.2 Å². The third-order valence-corrected chi connectivity index (χ3v) is 6.48. The van der Waals surface area contributed by atoms with Gasteiger partial charge in [-0.3, -0.25) is 9.59 Å². The number of anilines is 1. The fraction of sp³-hybridized carbons (Fsp3) is 0.600. The van der Waals surface area contributed by atoms with Crippen LogP contribution in [0.3, 0.4) is 0 Å². The van der Waals surface area contributed by atoms with Gasteiger partial charge in [0.15, 0.2) is 6.61 Å². The van der Waals surface area contributed by atoms with Gasteiger partial charge in [0.2, 0.25) is 0 Å². The topological polar surface area (TPSA) is 64.6 Å². The zero-order chi connectivity index (χ0) is 18.3. The number of benzene rings is 1. The van der Waals surface area contributed by atoms with Gasteiger partial charge >= 0.3 is 5.97 Å². The van der Waals surface area contributed by atoms with E-state index in [2.05, 4.69) is 5.32 Å². The van der Waals surface area contributed by atoms with E-state index >= 15 is 0 Å². The summed E-state index contributed by atoms with van der Waals surface area (Å²) in [5.41, 5.74) is 0.124. The molecule has 1 aromatic rings. The second kappa shape index (κ2) is 6.76. The summed E-state index contributed by atoms with van der Waals surface area (Å²) in [5.74, 6) is 1.93. The van der Waals surface area contributed by atoms with Gasteiger partial charge in [0.25, 0.3) is 5.91 Å². The Morgan fingerprint density at radius 3 is 2.35 bits per heavy atom. The number of carbonyl (C=O) groups is 2. The fourth-order valence-electron chi connectivity index (χ4n) is 5.61. The number of nitrogens with one attached hydrogen (secondary N) is 1. The predicted molar refractivity (Wildman–Crippen MR) is 98.2 cm³/mol. The van der Waals surface area contributed by atoms with E-state index < -0.39 is 0 Å². The van der Waals surface area contributed by atoms with Gasteiger partial charge in [0.05, 0.1) is 18.2 Å². The molecule has 0 unspecified atom stereocenters. The number of amides is 1. The molecule has 0 spiro atoms. The molecule has 0 heterocycles. The molecule has 0 radical (unpaired) electrons. The van der Waals surface area contributed by atoms with E-state index in [0.717, 1.165) is 19.3 Å². The molecule has 4 aliphatic carbocycles. The van der Waals surface area contributed by atoms with Crippen LogP contribution in [-0.2, 0) is 14.3 Å². The molecule has 1 aromatic carbocycles. The predicted octanol–water partition coefficient (Wildman–Crippen LogP) is 4.05. The van der Waals surface area contributed by atoms with Crippen molar-refractivity contribution in [1.29, 1.82) is 0 Å². The first-order valence-electron chi connectivity index (χ1n) is 9.28. The fourth-order valence-corrected chi connectivity index (χ4v) is 5.78. The van der Waals surface area contributed by atoms with Crippen molar-refractivity contribution in [3.63, 3.8) is 0 Å². The van der Waals surface area contributed by atoms with E-state index in [1.165, 1.54) is 26.4 Å². The SMILES string of the molecule is COc1ccc(Cl)cc1NC(=O)COC(=O)C12CC3CC(CC(C3)C1)C2. The van der Waals surface area contributed by atoms with Crippen molar-refractivity contribution in [1.82, 2.24) is 0 Å². The number of esters is 1. The third kappa shape index (κ3) is 3.29. The molecule has 1 amide bonds. The molecule has 5 nitrogen and oxygen atoms in total. The molecular weight excluding hydrogens is 354 g/mol. The van der Waals surface area contributed by atoms with Crippen molar-refractivity contribution in [2.45, 2.75) is 38.5 Å². The molecule has 26 heavy (non-hydrogen) atoms. The molecule has 4 saturated carbocycles. The van der Waals surface area contributed by atoms with Crippen LogP contribution in [0, 0.1) is 23.2 Å². The maximum Gasteiger partial charge on any atom is 0.312 e. The first kappa shape index (κ1) is 17.7. The highest BCUT2D eigenvalue weighted by molar-refractivity contribution is 6.31. The number of halogens is 1. The number of hydrogen-bond acceptors (Lipinski definition) is 4.